The molecule has 1 aromatic heterocycles. The molecular weight excluding hydrogens is 316 g/mol. The van der Waals surface area contributed by atoms with Crippen molar-refractivity contribution in [3.63, 3.8) is 0 Å². The Labute approximate surface area is 148 Å². The van der Waals surface area contributed by atoms with E-state index >= 15 is 0 Å². The third-order valence-corrected chi connectivity index (χ3v) is 4.64. The van der Waals surface area contributed by atoms with Crippen LogP contribution in [0.5, 0.6) is 5.75 Å². The molecule has 5 nitrogen and oxygen atoms in total. The molecular formula is C20H24N2O3. The lowest BCUT2D eigenvalue weighted by Crippen LogP contribution is -2.42. The Kier molecular flexibility index (Phi) is 5.66. The van der Waals surface area contributed by atoms with Gasteiger partial charge in [0.15, 0.2) is 6.61 Å². The number of aromatic nitrogens is 1. The van der Waals surface area contributed by atoms with E-state index in [1.807, 2.05) is 37.3 Å². The van der Waals surface area contributed by atoms with Crippen molar-refractivity contribution in [3.8, 4) is 5.75 Å². The number of pyridine rings is 1. The van der Waals surface area contributed by atoms with Crippen LogP contribution < -0.4 is 10.1 Å². The van der Waals surface area contributed by atoms with Crippen molar-refractivity contribution < 1.29 is 14.3 Å². The Balaban J connectivity index is 1.50. The first kappa shape index (κ1) is 17.4. The molecule has 0 radical (unpaired) electrons. The normalized spacial score (nSPS) is 19.6. The molecule has 1 fully saturated rings. The summed E-state index contributed by atoms with van der Waals surface area (Å²) in [6.45, 7) is 5.30. The van der Waals surface area contributed by atoms with Gasteiger partial charge in [0.05, 0.1) is 19.3 Å². The fourth-order valence-corrected chi connectivity index (χ4v) is 2.98. The SMILES string of the molecule is Cc1ccc(OCC(=O)N[C@@H]2COC[C@H]2Cc2ccncc2)cc1C. The number of aryl methyl sites for hydroxylation is 2. The number of rotatable bonds is 6. The maximum Gasteiger partial charge on any atom is 0.258 e. The number of ether oxygens (including phenoxy) is 2. The van der Waals surface area contributed by atoms with Crippen molar-refractivity contribution in [2.75, 3.05) is 19.8 Å². The average molecular weight is 340 g/mol. The molecule has 2 aromatic rings. The molecule has 0 unspecified atom stereocenters. The summed E-state index contributed by atoms with van der Waals surface area (Å²) in [6, 6.07) is 9.86. The molecule has 2 heterocycles. The standard InChI is InChI=1S/C20H24N2O3/c1-14-3-4-18(9-15(14)2)25-13-20(23)22-19-12-24-11-17(19)10-16-5-7-21-8-6-16/h3-9,17,19H,10-13H2,1-2H3,(H,22,23)/t17-,19-/m1/s1. The number of amides is 1. The average Bonchev–Trinajstić information content (AvgIpc) is 3.03. The molecule has 0 bridgehead atoms. The lowest BCUT2D eigenvalue weighted by atomic mass is 9.95. The van der Waals surface area contributed by atoms with Crippen molar-refractivity contribution >= 4 is 5.91 Å². The van der Waals surface area contributed by atoms with E-state index in [1.165, 1.54) is 11.1 Å². The van der Waals surface area contributed by atoms with Crippen LogP contribution in [0.2, 0.25) is 0 Å². The summed E-state index contributed by atoms with van der Waals surface area (Å²) < 4.78 is 11.2. The summed E-state index contributed by atoms with van der Waals surface area (Å²) in [5, 5.41) is 3.04. The molecule has 1 N–H and O–H groups in total. The van der Waals surface area contributed by atoms with Crippen LogP contribution in [0.3, 0.4) is 0 Å². The smallest absolute Gasteiger partial charge is 0.258 e. The van der Waals surface area contributed by atoms with Crippen LogP contribution in [0.25, 0.3) is 0 Å². The van der Waals surface area contributed by atoms with Gasteiger partial charge in [0.25, 0.3) is 5.91 Å². The second-order valence-corrected chi connectivity index (χ2v) is 6.57. The zero-order valence-corrected chi connectivity index (χ0v) is 14.7. The first-order valence-electron chi connectivity index (χ1n) is 8.58. The maximum absolute atomic E-state index is 12.2. The summed E-state index contributed by atoms with van der Waals surface area (Å²) in [5.41, 5.74) is 3.56. The minimum Gasteiger partial charge on any atom is -0.484 e. The largest absolute Gasteiger partial charge is 0.484 e. The van der Waals surface area contributed by atoms with Crippen LogP contribution in [0.1, 0.15) is 16.7 Å². The van der Waals surface area contributed by atoms with Crippen molar-refractivity contribution in [1.29, 1.82) is 0 Å². The molecule has 0 aliphatic carbocycles. The van der Waals surface area contributed by atoms with Crippen LogP contribution >= 0.6 is 0 Å². The van der Waals surface area contributed by atoms with E-state index in [0.717, 1.165) is 12.0 Å². The number of carbonyl (C=O) groups is 1. The van der Waals surface area contributed by atoms with Crippen molar-refractivity contribution in [1.82, 2.24) is 10.3 Å². The molecule has 5 heteroatoms. The molecule has 1 amide bonds. The van der Waals surface area contributed by atoms with E-state index in [2.05, 4.69) is 17.2 Å². The van der Waals surface area contributed by atoms with Crippen molar-refractivity contribution in [3.05, 3.63) is 59.4 Å². The van der Waals surface area contributed by atoms with Gasteiger partial charge >= 0.3 is 0 Å². The molecule has 132 valence electrons. The summed E-state index contributed by atoms with van der Waals surface area (Å²) in [4.78, 5) is 16.3. The summed E-state index contributed by atoms with van der Waals surface area (Å²) >= 11 is 0. The third-order valence-electron chi connectivity index (χ3n) is 4.64. The van der Waals surface area contributed by atoms with Crippen LogP contribution in [-0.4, -0.2) is 36.8 Å². The minimum atomic E-state index is -0.117. The van der Waals surface area contributed by atoms with Crippen LogP contribution in [0.15, 0.2) is 42.7 Å². The van der Waals surface area contributed by atoms with E-state index in [4.69, 9.17) is 9.47 Å². The van der Waals surface area contributed by atoms with Gasteiger partial charge in [0.2, 0.25) is 0 Å². The van der Waals surface area contributed by atoms with Gasteiger partial charge in [0.1, 0.15) is 5.75 Å². The van der Waals surface area contributed by atoms with E-state index in [0.29, 0.717) is 19.0 Å². The maximum atomic E-state index is 12.2. The Morgan fingerprint density at radius 1 is 1.20 bits per heavy atom. The van der Waals surface area contributed by atoms with Crippen molar-refractivity contribution in [2.45, 2.75) is 26.3 Å². The van der Waals surface area contributed by atoms with Gasteiger partial charge in [-0.15, -0.1) is 0 Å². The van der Waals surface area contributed by atoms with Crippen LogP contribution in [-0.2, 0) is 16.0 Å². The summed E-state index contributed by atoms with van der Waals surface area (Å²) in [7, 11) is 0. The molecule has 3 rings (SSSR count). The molecule has 0 saturated carbocycles. The predicted octanol–water partition coefficient (Wildman–Crippen LogP) is 2.45. The number of carbonyl (C=O) groups excluding carboxylic acids is 1. The Morgan fingerprint density at radius 2 is 2.00 bits per heavy atom. The highest BCUT2D eigenvalue weighted by Crippen LogP contribution is 2.19. The van der Waals surface area contributed by atoms with Gasteiger partial charge in [-0.3, -0.25) is 9.78 Å². The number of hydrogen-bond acceptors (Lipinski definition) is 4. The highest BCUT2D eigenvalue weighted by molar-refractivity contribution is 5.78. The molecule has 1 aromatic carbocycles. The van der Waals surface area contributed by atoms with Gasteiger partial charge in [0, 0.05) is 18.3 Å². The molecule has 1 aliphatic rings. The molecule has 25 heavy (non-hydrogen) atoms. The highest BCUT2D eigenvalue weighted by Gasteiger charge is 2.29. The van der Waals surface area contributed by atoms with Gasteiger partial charge < -0.3 is 14.8 Å². The van der Waals surface area contributed by atoms with Crippen LogP contribution in [0, 0.1) is 19.8 Å². The van der Waals surface area contributed by atoms with Gasteiger partial charge in [-0.1, -0.05) is 6.07 Å². The quantitative estimate of drug-likeness (QED) is 0.877. The number of nitrogens with zero attached hydrogens (tertiary/aromatic N) is 1. The lowest BCUT2D eigenvalue weighted by Gasteiger charge is -2.19. The van der Waals surface area contributed by atoms with E-state index in [9.17, 15) is 4.79 Å². The lowest BCUT2D eigenvalue weighted by molar-refractivity contribution is -0.124. The first-order chi connectivity index (χ1) is 12.1. The Bertz CT molecular complexity index is 718. The van der Waals surface area contributed by atoms with E-state index in [1.54, 1.807) is 12.4 Å². The number of nitrogens with one attached hydrogen (secondary N) is 1. The minimum absolute atomic E-state index is 0.0149. The Hall–Kier alpha value is -2.40. The van der Waals surface area contributed by atoms with Gasteiger partial charge in [-0.05, 0) is 61.2 Å². The number of benzene rings is 1. The van der Waals surface area contributed by atoms with Gasteiger partial charge in [-0.25, -0.2) is 0 Å². The zero-order valence-electron chi connectivity index (χ0n) is 14.7. The second-order valence-electron chi connectivity index (χ2n) is 6.57. The zero-order chi connectivity index (χ0) is 17.6. The summed E-state index contributed by atoms with van der Waals surface area (Å²) in [6.07, 6.45) is 4.44. The highest BCUT2D eigenvalue weighted by atomic mass is 16.5. The van der Waals surface area contributed by atoms with Gasteiger partial charge in [-0.2, -0.15) is 0 Å². The second kappa shape index (κ2) is 8.12. The molecule has 2 atom stereocenters. The fourth-order valence-electron chi connectivity index (χ4n) is 2.98. The number of hydrogen-bond donors (Lipinski definition) is 1. The fraction of sp³-hybridized carbons (Fsp3) is 0.400. The molecule has 1 aliphatic heterocycles. The monoisotopic (exact) mass is 340 g/mol. The van der Waals surface area contributed by atoms with E-state index < -0.39 is 0 Å². The molecule has 0 spiro atoms. The predicted molar refractivity (Wildman–Crippen MR) is 95.6 cm³/mol. The van der Waals surface area contributed by atoms with Crippen LogP contribution in [0.4, 0.5) is 0 Å². The Morgan fingerprint density at radius 3 is 2.76 bits per heavy atom. The topological polar surface area (TPSA) is 60.5 Å². The van der Waals surface area contributed by atoms with Crippen molar-refractivity contribution in [2.24, 2.45) is 5.92 Å². The molecule has 1 saturated heterocycles. The third kappa shape index (κ3) is 4.79. The van der Waals surface area contributed by atoms with E-state index in [-0.39, 0.29) is 24.5 Å². The summed E-state index contributed by atoms with van der Waals surface area (Å²) in [5.74, 6) is 0.871. The first-order valence-corrected chi connectivity index (χ1v) is 8.58.